The van der Waals surface area contributed by atoms with Gasteiger partial charge in [-0.2, -0.15) is 0 Å². The largest absolute Gasteiger partial charge is 0.378 e. The molecule has 2 heterocycles. The summed E-state index contributed by atoms with van der Waals surface area (Å²) in [5.41, 5.74) is 3.00. The lowest BCUT2D eigenvalue weighted by molar-refractivity contribution is 1.05. The van der Waals surface area contributed by atoms with Gasteiger partial charge in [-0.3, -0.25) is 0 Å². The van der Waals surface area contributed by atoms with E-state index in [1.165, 1.54) is 0 Å². The summed E-state index contributed by atoms with van der Waals surface area (Å²) in [4.78, 5) is 9.69. The van der Waals surface area contributed by atoms with Crippen LogP contribution in [0, 0.1) is 0 Å². The molecule has 3 aromatic rings. The summed E-state index contributed by atoms with van der Waals surface area (Å²) in [5, 5.41) is 5.16. The molecule has 3 rings (SSSR count). The van der Waals surface area contributed by atoms with Gasteiger partial charge in [0.05, 0.1) is 29.1 Å². The van der Waals surface area contributed by atoms with Crippen LogP contribution in [0.3, 0.4) is 0 Å². The average Bonchev–Trinajstić information content (AvgIpc) is 2.82. The maximum Gasteiger partial charge on any atom is 0.128 e. The molecule has 1 aromatic carbocycles. The fraction of sp³-hybridized carbons (Fsp3) is 0.188. The summed E-state index contributed by atoms with van der Waals surface area (Å²) < 4.78 is 0. The first-order chi connectivity index (χ1) is 10.1. The zero-order valence-electron chi connectivity index (χ0n) is 12.0. The van der Waals surface area contributed by atoms with Gasteiger partial charge in [0.1, 0.15) is 5.82 Å². The highest BCUT2D eigenvalue weighted by molar-refractivity contribution is 6.36. The standard InChI is InChI=1S/C16H17ClN4/c1-21(2)15-8-7-11(9-19-15)18-10-14-16(17)12-5-3-4-6-13(12)20-14/h3-9,18,20H,10H2,1-2H3. The van der Waals surface area contributed by atoms with Gasteiger partial charge in [-0.25, -0.2) is 4.98 Å². The fourth-order valence-corrected chi connectivity index (χ4v) is 2.51. The van der Waals surface area contributed by atoms with Crippen molar-refractivity contribution in [2.24, 2.45) is 0 Å². The third kappa shape index (κ3) is 2.81. The maximum absolute atomic E-state index is 6.40. The Kier molecular flexibility index (Phi) is 3.71. The second-order valence-electron chi connectivity index (χ2n) is 5.12. The van der Waals surface area contributed by atoms with Gasteiger partial charge in [0.15, 0.2) is 0 Å². The number of fused-ring (bicyclic) bond motifs is 1. The quantitative estimate of drug-likeness (QED) is 0.768. The van der Waals surface area contributed by atoms with Gasteiger partial charge in [-0.15, -0.1) is 0 Å². The minimum absolute atomic E-state index is 0.635. The summed E-state index contributed by atoms with van der Waals surface area (Å²) >= 11 is 6.40. The Morgan fingerprint density at radius 1 is 1.19 bits per heavy atom. The summed E-state index contributed by atoms with van der Waals surface area (Å²) in [5.74, 6) is 0.934. The topological polar surface area (TPSA) is 44.0 Å². The Hall–Kier alpha value is -2.20. The van der Waals surface area contributed by atoms with Crippen molar-refractivity contribution in [2.75, 3.05) is 24.3 Å². The molecule has 2 N–H and O–H groups in total. The molecular weight excluding hydrogens is 284 g/mol. The number of nitrogens with zero attached hydrogens (tertiary/aromatic N) is 2. The SMILES string of the molecule is CN(C)c1ccc(NCc2[nH]c3ccccc3c2Cl)cn1. The molecule has 0 aliphatic rings. The summed E-state index contributed by atoms with van der Waals surface area (Å²) in [6.45, 7) is 0.635. The molecule has 108 valence electrons. The molecule has 0 saturated carbocycles. The smallest absolute Gasteiger partial charge is 0.128 e. The van der Waals surface area contributed by atoms with E-state index in [9.17, 15) is 0 Å². The van der Waals surface area contributed by atoms with Crippen LogP contribution in [0.15, 0.2) is 42.6 Å². The molecule has 0 spiro atoms. The number of aromatic amines is 1. The number of hydrogen-bond donors (Lipinski definition) is 2. The minimum atomic E-state index is 0.635. The second kappa shape index (κ2) is 5.66. The zero-order valence-corrected chi connectivity index (χ0v) is 12.8. The number of benzene rings is 1. The Morgan fingerprint density at radius 2 is 2.00 bits per heavy atom. The monoisotopic (exact) mass is 300 g/mol. The van der Waals surface area contributed by atoms with Crippen LogP contribution < -0.4 is 10.2 Å². The van der Waals surface area contributed by atoms with Crippen LogP contribution >= 0.6 is 11.6 Å². The molecule has 0 amide bonds. The minimum Gasteiger partial charge on any atom is -0.378 e. The van der Waals surface area contributed by atoms with E-state index in [1.807, 2.05) is 61.6 Å². The normalized spacial score (nSPS) is 10.8. The van der Waals surface area contributed by atoms with Crippen molar-refractivity contribution in [3.8, 4) is 0 Å². The van der Waals surface area contributed by atoms with Crippen LogP contribution in [0.4, 0.5) is 11.5 Å². The van der Waals surface area contributed by atoms with Gasteiger partial charge >= 0.3 is 0 Å². The number of anilines is 2. The van der Waals surface area contributed by atoms with Crippen molar-refractivity contribution in [3.63, 3.8) is 0 Å². The second-order valence-corrected chi connectivity index (χ2v) is 5.49. The number of pyridine rings is 1. The highest BCUT2D eigenvalue weighted by Crippen LogP contribution is 2.27. The van der Waals surface area contributed by atoms with Crippen molar-refractivity contribution in [1.29, 1.82) is 0 Å². The van der Waals surface area contributed by atoms with Crippen molar-refractivity contribution in [1.82, 2.24) is 9.97 Å². The zero-order chi connectivity index (χ0) is 14.8. The predicted octanol–water partition coefficient (Wildman–Crippen LogP) is 3.89. The van der Waals surface area contributed by atoms with Crippen molar-refractivity contribution >= 4 is 34.0 Å². The van der Waals surface area contributed by atoms with E-state index in [0.29, 0.717) is 6.54 Å². The van der Waals surface area contributed by atoms with E-state index in [1.54, 1.807) is 0 Å². The average molecular weight is 301 g/mol. The number of hydrogen-bond acceptors (Lipinski definition) is 3. The van der Waals surface area contributed by atoms with Gasteiger partial charge in [-0.05, 0) is 18.2 Å². The fourth-order valence-electron chi connectivity index (χ4n) is 2.23. The van der Waals surface area contributed by atoms with Gasteiger partial charge in [-0.1, -0.05) is 29.8 Å². The Morgan fingerprint density at radius 3 is 2.67 bits per heavy atom. The Labute approximate surface area is 128 Å². The molecule has 0 unspecified atom stereocenters. The molecule has 0 bridgehead atoms. The van der Waals surface area contributed by atoms with Crippen molar-refractivity contribution < 1.29 is 0 Å². The Bertz CT molecular complexity index is 747. The molecule has 2 aromatic heterocycles. The van der Waals surface area contributed by atoms with E-state index in [2.05, 4.69) is 15.3 Å². The first kappa shape index (κ1) is 13.8. The molecule has 0 radical (unpaired) electrons. The highest BCUT2D eigenvalue weighted by Gasteiger charge is 2.08. The summed E-state index contributed by atoms with van der Waals surface area (Å²) in [6, 6.07) is 12.0. The van der Waals surface area contributed by atoms with Crippen LogP contribution in [0.5, 0.6) is 0 Å². The number of rotatable bonds is 4. The van der Waals surface area contributed by atoms with Crippen LogP contribution in [0.25, 0.3) is 10.9 Å². The number of nitrogens with one attached hydrogen (secondary N) is 2. The van der Waals surface area contributed by atoms with Gasteiger partial charge < -0.3 is 15.2 Å². The van der Waals surface area contributed by atoms with Gasteiger partial charge in [0, 0.05) is 25.0 Å². The number of aromatic nitrogens is 2. The lowest BCUT2D eigenvalue weighted by atomic mass is 10.2. The number of H-pyrrole nitrogens is 1. The summed E-state index contributed by atoms with van der Waals surface area (Å²) in [6.07, 6.45) is 1.83. The third-order valence-electron chi connectivity index (χ3n) is 3.39. The van der Waals surface area contributed by atoms with E-state index >= 15 is 0 Å². The van der Waals surface area contributed by atoms with Crippen LogP contribution in [0.1, 0.15) is 5.69 Å². The van der Waals surface area contributed by atoms with E-state index in [-0.39, 0.29) is 0 Å². The first-order valence-corrected chi connectivity index (χ1v) is 7.15. The molecule has 5 heteroatoms. The molecule has 0 aliphatic heterocycles. The predicted molar refractivity (Wildman–Crippen MR) is 89.2 cm³/mol. The molecule has 4 nitrogen and oxygen atoms in total. The molecule has 0 atom stereocenters. The number of para-hydroxylation sites is 1. The molecule has 21 heavy (non-hydrogen) atoms. The lowest BCUT2D eigenvalue weighted by Gasteiger charge is -2.12. The van der Waals surface area contributed by atoms with Crippen molar-refractivity contribution in [3.05, 3.63) is 53.3 Å². The molecule has 0 fully saturated rings. The lowest BCUT2D eigenvalue weighted by Crippen LogP contribution is -2.10. The van der Waals surface area contributed by atoms with E-state index < -0.39 is 0 Å². The molecular formula is C16H17ClN4. The summed E-state index contributed by atoms with van der Waals surface area (Å²) in [7, 11) is 3.94. The van der Waals surface area contributed by atoms with Crippen LogP contribution in [-0.2, 0) is 6.54 Å². The van der Waals surface area contributed by atoms with Gasteiger partial charge in [0.2, 0.25) is 0 Å². The van der Waals surface area contributed by atoms with Crippen molar-refractivity contribution in [2.45, 2.75) is 6.54 Å². The van der Waals surface area contributed by atoms with Crippen LogP contribution in [-0.4, -0.2) is 24.1 Å². The molecule has 0 aliphatic carbocycles. The maximum atomic E-state index is 6.40. The number of halogens is 1. The Balaban J connectivity index is 1.75. The first-order valence-electron chi connectivity index (χ1n) is 6.77. The van der Waals surface area contributed by atoms with E-state index in [4.69, 9.17) is 11.6 Å². The molecule has 0 saturated heterocycles. The third-order valence-corrected chi connectivity index (χ3v) is 3.82. The van der Waals surface area contributed by atoms with E-state index in [0.717, 1.165) is 33.1 Å². The van der Waals surface area contributed by atoms with Gasteiger partial charge in [0.25, 0.3) is 0 Å². The highest BCUT2D eigenvalue weighted by atomic mass is 35.5. The van der Waals surface area contributed by atoms with Crippen LogP contribution in [0.2, 0.25) is 5.02 Å².